The first-order valence-corrected chi connectivity index (χ1v) is 11.2. The van der Waals surface area contributed by atoms with Gasteiger partial charge in [-0.1, -0.05) is 48.3 Å². The first-order chi connectivity index (χ1) is 15.4. The highest BCUT2D eigenvalue weighted by Gasteiger charge is 2.29. The SMILES string of the molecule is CCC(OC(=O)c1c2c(nc3ccccc13)CCN(C)C2)C(=O)Nc1cc(Cl)cc(Cl)c1. The molecular formula is C24H23Cl2N3O3. The van der Waals surface area contributed by atoms with Crippen molar-refractivity contribution in [2.75, 3.05) is 18.9 Å². The van der Waals surface area contributed by atoms with Crippen molar-refractivity contribution in [2.45, 2.75) is 32.4 Å². The number of nitrogens with zero attached hydrogens (tertiary/aromatic N) is 2. The third kappa shape index (κ3) is 4.72. The number of nitrogens with one attached hydrogen (secondary N) is 1. The quantitative estimate of drug-likeness (QED) is 0.523. The van der Waals surface area contributed by atoms with E-state index in [9.17, 15) is 9.59 Å². The van der Waals surface area contributed by atoms with Crippen molar-refractivity contribution in [2.24, 2.45) is 0 Å². The highest BCUT2D eigenvalue weighted by molar-refractivity contribution is 6.35. The zero-order valence-electron chi connectivity index (χ0n) is 17.8. The summed E-state index contributed by atoms with van der Waals surface area (Å²) in [5.41, 5.74) is 3.43. The van der Waals surface area contributed by atoms with Crippen LogP contribution in [0.4, 0.5) is 5.69 Å². The van der Waals surface area contributed by atoms with Gasteiger partial charge < -0.3 is 15.0 Å². The Balaban J connectivity index is 1.63. The highest BCUT2D eigenvalue weighted by Crippen LogP contribution is 2.29. The van der Waals surface area contributed by atoms with Gasteiger partial charge in [0.05, 0.1) is 11.1 Å². The van der Waals surface area contributed by atoms with E-state index in [4.69, 9.17) is 32.9 Å². The van der Waals surface area contributed by atoms with Crippen molar-refractivity contribution >= 4 is 51.7 Å². The number of anilines is 1. The highest BCUT2D eigenvalue weighted by atomic mass is 35.5. The van der Waals surface area contributed by atoms with Crippen molar-refractivity contribution in [1.82, 2.24) is 9.88 Å². The van der Waals surface area contributed by atoms with Crippen LogP contribution in [-0.4, -0.2) is 41.5 Å². The molecule has 3 aromatic rings. The molecule has 1 N–H and O–H groups in total. The Bertz CT molecular complexity index is 1180. The Labute approximate surface area is 196 Å². The number of benzene rings is 2. The Morgan fingerprint density at radius 2 is 1.91 bits per heavy atom. The molecule has 1 aliphatic heterocycles. The minimum absolute atomic E-state index is 0.316. The number of rotatable bonds is 5. The number of halogens is 2. The largest absolute Gasteiger partial charge is 0.449 e. The van der Waals surface area contributed by atoms with Crippen LogP contribution in [-0.2, 0) is 22.5 Å². The van der Waals surface area contributed by atoms with Gasteiger partial charge in [-0.2, -0.15) is 0 Å². The van der Waals surface area contributed by atoms with Crippen molar-refractivity contribution < 1.29 is 14.3 Å². The number of hydrogen-bond acceptors (Lipinski definition) is 5. The zero-order valence-corrected chi connectivity index (χ0v) is 19.3. The fourth-order valence-corrected chi connectivity index (χ4v) is 4.44. The van der Waals surface area contributed by atoms with E-state index >= 15 is 0 Å². The van der Waals surface area contributed by atoms with Gasteiger partial charge in [0.15, 0.2) is 6.10 Å². The first kappa shape index (κ1) is 22.5. The van der Waals surface area contributed by atoms with E-state index in [1.165, 1.54) is 0 Å². The number of amides is 1. The Hall–Kier alpha value is -2.67. The van der Waals surface area contributed by atoms with E-state index in [1.54, 1.807) is 25.1 Å². The number of fused-ring (bicyclic) bond motifs is 2. The number of pyridine rings is 1. The van der Waals surface area contributed by atoms with E-state index in [1.807, 2.05) is 31.3 Å². The van der Waals surface area contributed by atoms with Crippen LogP contribution in [0.5, 0.6) is 0 Å². The second kappa shape index (κ2) is 9.45. The molecule has 1 aliphatic rings. The molecule has 8 heteroatoms. The molecule has 1 amide bonds. The van der Waals surface area contributed by atoms with Gasteiger partial charge in [0.1, 0.15) is 0 Å². The third-order valence-electron chi connectivity index (χ3n) is 5.48. The summed E-state index contributed by atoms with van der Waals surface area (Å²) in [5, 5.41) is 4.26. The van der Waals surface area contributed by atoms with Crippen LogP contribution in [0.3, 0.4) is 0 Å². The molecule has 0 saturated heterocycles. The standard InChI is InChI=1S/C24H23Cl2N3O3/c1-3-21(23(30)27-16-11-14(25)10-15(26)12-16)32-24(31)22-17-6-4-5-7-19(17)28-20-8-9-29(2)13-18(20)22/h4-7,10-12,21H,3,8-9,13H2,1-2H3,(H,27,30). The van der Waals surface area contributed by atoms with E-state index in [0.29, 0.717) is 34.3 Å². The molecule has 32 heavy (non-hydrogen) atoms. The number of para-hydroxylation sites is 1. The maximum absolute atomic E-state index is 13.4. The van der Waals surface area contributed by atoms with Crippen LogP contribution < -0.4 is 5.32 Å². The number of ether oxygens (including phenoxy) is 1. The summed E-state index contributed by atoms with van der Waals surface area (Å²) in [6, 6.07) is 12.3. The third-order valence-corrected chi connectivity index (χ3v) is 5.92. The van der Waals surface area contributed by atoms with Crippen molar-refractivity contribution in [3.63, 3.8) is 0 Å². The lowest BCUT2D eigenvalue weighted by atomic mass is 9.96. The molecular weight excluding hydrogens is 449 g/mol. The van der Waals surface area contributed by atoms with Gasteiger partial charge in [-0.3, -0.25) is 9.78 Å². The van der Waals surface area contributed by atoms with Crippen LogP contribution in [0.2, 0.25) is 10.0 Å². The molecule has 166 valence electrons. The summed E-state index contributed by atoms with van der Waals surface area (Å²) in [6.07, 6.45) is 0.102. The smallest absolute Gasteiger partial charge is 0.340 e. The summed E-state index contributed by atoms with van der Waals surface area (Å²) in [7, 11) is 2.01. The molecule has 6 nitrogen and oxygen atoms in total. The van der Waals surface area contributed by atoms with Crippen molar-refractivity contribution in [3.05, 3.63) is 69.3 Å². The van der Waals surface area contributed by atoms with Crippen LogP contribution in [0, 0.1) is 0 Å². The molecule has 0 bridgehead atoms. The molecule has 0 fully saturated rings. The minimum atomic E-state index is -0.968. The number of carbonyl (C=O) groups is 2. The van der Waals surface area contributed by atoms with E-state index < -0.39 is 18.0 Å². The van der Waals surface area contributed by atoms with Crippen molar-refractivity contribution in [1.29, 1.82) is 0 Å². The molecule has 1 aromatic heterocycles. The summed E-state index contributed by atoms with van der Waals surface area (Å²) >= 11 is 12.0. The zero-order chi connectivity index (χ0) is 22.8. The lowest BCUT2D eigenvalue weighted by Crippen LogP contribution is -2.34. The van der Waals surface area contributed by atoms with E-state index in [0.717, 1.165) is 35.1 Å². The molecule has 0 spiro atoms. The minimum Gasteiger partial charge on any atom is -0.449 e. The van der Waals surface area contributed by atoms with Gasteiger partial charge in [-0.05, 0) is 37.7 Å². The maximum Gasteiger partial charge on any atom is 0.340 e. The summed E-state index contributed by atoms with van der Waals surface area (Å²) in [4.78, 5) is 33.1. The fourth-order valence-electron chi connectivity index (χ4n) is 3.92. The topological polar surface area (TPSA) is 71.5 Å². The van der Waals surface area contributed by atoms with E-state index in [-0.39, 0.29) is 0 Å². The van der Waals surface area contributed by atoms with Gasteiger partial charge in [-0.25, -0.2) is 4.79 Å². The van der Waals surface area contributed by atoms with Gasteiger partial charge >= 0.3 is 5.97 Å². The van der Waals surface area contributed by atoms with Crippen LogP contribution in [0.25, 0.3) is 10.9 Å². The van der Waals surface area contributed by atoms with Crippen molar-refractivity contribution in [3.8, 4) is 0 Å². The van der Waals surface area contributed by atoms with Gasteiger partial charge in [0, 0.05) is 51.9 Å². The maximum atomic E-state index is 13.4. The molecule has 0 radical (unpaired) electrons. The Morgan fingerprint density at radius 1 is 1.19 bits per heavy atom. The molecule has 2 heterocycles. The fraction of sp³-hybridized carbons (Fsp3) is 0.292. The van der Waals surface area contributed by atoms with Gasteiger partial charge in [-0.15, -0.1) is 0 Å². The molecule has 0 aliphatic carbocycles. The average Bonchev–Trinajstić information content (AvgIpc) is 2.74. The molecule has 0 saturated carbocycles. The molecule has 1 unspecified atom stereocenters. The summed E-state index contributed by atoms with van der Waals surface area (Å²) < 4.78 is 5.73. The Kier molecular flexibility index (Phi) is 6.65. The Morgan fingerprint density at radius 3 is 2.62 bits per heavy atom. The lowest BCUT2D eigenvalue weighted by Gasteiger charge is -2.27. The molecule has 1 atom stereocenters. The molecule has 4 rings (SSSR count). The second-order valence-corrected chi connectivity index (χ2v) is 8.74. The number of likely N-dealkylation sites (N-methyl/N-ethyl adjacent to an activating group) is 1. The molecule has 2 aromatic carbocycles. The number of esters is 1. The normalized spacial score (nSPS) is 14.6. The number of carbonyl (C=O) groups excluding carboxylic acids is 2. The number of hydrogen-bond donors (Lipinski definition) is 1. The second-order valence-electron chi connectivity index (χ2n) is 7.87. The monoisotopic (exact) mass is 471 g/mol. The average molecular weight is 472 g/mol. The predicted molar refractivity (Wildman–Crippen MR) is 126 cm³/mol. The van der Waals surface area contributed by atoms with Crippen LogP contribution >= 0.6 is 23.2 Å². The van der Waals surface area contributed by atoms with E-state index in [2.05, 4.69) is 10.2 Å². The van der Waals surface area contributed by atoms with Crippen LogP contribution in [0.15, 0.2) is 42.5 Å². The predicted octanol–water partition coefficient (Wildman–Crippen LogP) is 5.10. The number of aromatic nitrogens is 1. The first-order valence-electron chi connectivity index (χ1n) is 10.4. The van der Waals surface area contributed by atoms with Gasteiger partial charge in [0.25, 0.3) is 5.91 Å². The summed E-state index contributed by atoms with van der Waals surface area (Å²) in [6.45, 7) is 3.26. The summed E-state index contributed by atoms with van der Waals surface area (Å²) in [5.74, 6) is -0.968. The van der Waals surface area contributed by atoms with Gasteiger partial charge in [0.2, 0.25) is 0 Å². The lowest BCUT2D eigenvalue weighted by molar-refractivity contribution is -0.124. The van der Waals surface area contributed by atoms with Crippen LogP contribution in [0.1, 0.15) is 35.0 Å².